The van der Waals surface area contributed by atoms with Crippen LogP contribution >= 0.6 is 11.3 Å². The molecule has 1 aliphatic rings. The van der Waals surface area contributed by atoms with Crippen LogP contribution in [-0.4, -0.2) is 35.8 Å². The lowest BCUT2D eigenvalue weighted by Gasteiger charge is -2.36. The van der Waals surface area contributed by atoms with Gasteiger partial charge in [-0.05, 0) is 37.6 Å². The molecule has 3 heterocycles. The first-order valence-electron chi connectivity index (χ1n) is 7.31. The minimum atomic E-state index is -0.570. The molecule has 0 spiro atoms. The van der Waals surface area contributed by atoms with E-state index in [1.165, 1.54) is 9.75 Å². The van der Waals surface area contributed by atoms with Crippen molar-refractivity contribution in [3.8, 4) is 0 Å². The molecule has 0 aliphatic carbocycles. The molecule has 0 saturated carbocycles. The number of aryl methyl sites for hydroxylation is 1. The maximum Gasteiger partial charge on any atom is 0.132 e. The highest BCUT2D eigenvalue weighted by molar-refractivity contribution is 7.11. The maximum absolute atomic E-state index is 10.3. The largest absolute Gasteiger partial charge is 0.467 e. The molecule has 1 fully saturated rings. The first-order valence-corrected chi connectivity index (χ1v) is 8.12. The molecule has 5 heteroatoms. The lowest BCUT2D eigenvalue weighted by Crippen LogP contribution is -2.45. The number of hydrogen-bond donors (Lipinski definition) is 1. The molecular weight excluding hydrogens is 286 g/mol. The highest BCUT2D eigenvalue weighted by atomic mass is 32.1. The molecular formula is C16H21NO3S. The molecule has 0 bridgehead atoms. The predicted octanol–water partition coefficient (Wildman–Crippen LogP) is 2.97. The topological polar surface area (TPSA) is 45.8 Å². The molecule has 114 valence electrons. The fourth-order valence-electron chi connectivity index (χ4n) is 2.74. The normalized spacial score (nSPS) is 21.5. The Balaban J connectivity index is 1.63. The third-order valence-corrected chi connectivity index (χ3v) is 4.86. The van der Waals surface area contributed by atoms with Gasteiger partial charge in [-0.3, -0.25) is 4.90 Å². The fourth-order valence-corrected chi connectivity index (χ4v) is 3.66. The van der Waals surface area contributed by atoms with E-state index < -0.39 is 6.10 Å². The summed E-state index contributed by atoms with van der Waals surface area (Å²) < 4.78 is 10.9. The van der Waals surface area contributed by atoms with Crippen molar-refractivity contribution in [2.24, 2.45) is 0 Å². The zero-order chi connectivity index (χ0) is 14.7. The second-order valence-electron chi connectivity index (χ2n) is 5.48. The standard InChI is InChI=1S/C16H21NO3S/c1-12-4-5-14(21-12)10-17-6-8-19-11-13(17)9-15(18)16-3-2-7-20-16/h2-5,7,13,15,18H,6,8-11H2,1H3. The van der Waals surface area contributed by atoms with Crippen LogP contribution in [0.2, 0.25) is 0 Å². The van der Waals surface area contributed by atoms with Crippen LogP contribution in [0.5, 0.6) is 0 Å². The smallest absolute Gasteiger partial charge is 0.132 e. The first kappa shape index (κ1) is 14.8. The molecule has 0 amide bonds. The van der Waals surface area contributed by atoms with Gasteiger partial charge in [-0.2, -0.15) is 0 Å². The van der Waals surface area contributed by atoms with Crippen LogP contribution in [0, 0.1) is 6.92 Å². The summed E-state index contributed by atoms with van der Waals surface area (Å²) >= 11 is 1.84. The summed E-state index contributed by atoms with van der Waals surface area (Å²) in [5, 5.41) is 10.3. The lowest BCUT2D eigenvalue weighted by molar-refractivity contribution is -0.0319. The zero-order valence-electron chi connectivity index (χ0n) is 12.2. The number of aliphatic hydroxyl groups excluding tert-OH is 1. The van der Waals surface area contributed by atoms with Crippen LogP contribution in [-0.2, 0) is 11.3 Å². The van der Waals surface area contributed by atoms with Gasteiger partial charge < -0.3 is 14.3 Å². The number of nitrogens with zero attached hydrogens (tertiary/aromatic N) is 1. The van der Waals surface area contributed by atoms with Crippen LogP contribution in [0.25, 0.3) is 0 Å². The maximum atomic E-state index is 10.3. The van der Waals surface area contributed by atoms with E-state index in [1.54, 1.807) is 6.26 Å². The molecule has 2 aromatic heterocycles. The molecule has 1 saturated heterocycles. The highest BCUT2D eigenvalue weighted by Gasteiger charge is 2.27. The van der Waals surface area contributed by atoms with Crippen LogP contribution < -0.4 is 0 Å². The van der Waals surface area contributed by atoms with Crippen LogP contribution in [0.4, 0.5) is 0 Å². The Morgan fingerprint density at radius 2 is 2.33 bits per heavy atom. The van der Waals surface area contributed by atoms with Crippen molar-refractivity contribution in [1.29, 1.82) is 0 Å². The second kappa shape index (κ2) is 6.75. The van der Waals surface area contributed by atoms with Crippen molar-refractivity contribution in [2.75, 3.05) is 19.8 Å². The summed E-state index contributed by atoms with van der Waals surface area (Å²) in [7, 11) is 0. The van der Waals surface area contributed by atoms with E-state index >= 15 is 0 Å². The molecule has 3 rings (SSSR count). The summed E-state index contributed by atoms with van der Waals surface area (Å²) in [5.74, 6) is 0.632. The van der Waals surface area contributed by atoms with E-state index in [1.807, 2.05) is 23.5 Å². The van der Waals surface area contributed by atoms with E-state index in [4.69, 9.17) is 9.15 Å². The van der Waals surface area contributed by atoms with Crippen LogP contribution in [0.15, 0.2) is 34.9 Å². The number of furan rings is 1. The summed E-state index contributed by atoms with van der Waals surface area (Å²) in [5.41, 5.74) is 0. The average Bonchev–Trinajstić information content (AvgIpc) is 3.13. The third kappa shape index (κ3) is 3.74. The summed E-state index contributed by atoms with van der Waals surface area (Å²) in [6, 6.07) is 8.20. The van der Waals surface area contributed by atoms with Crippen molar-refractivity contribution in [1.82, 2.24) is 4.90 Å². The van der Waals surface area contributed by atoms with E-state index in [0.29, 0.717) is 18.8 Å². The highest BCUT2D eigenvalue weighted by Crippen LogP contribution is 2.25. The SMILES string of the molecule is Cc1ccc(CN2CCOCC2CC(O)c2ccco2)s1. The zero-order valence-corrected chi connectivity index (χ0v) is 13.0. The Labute approximate surface area is 129 Å². The monoisotopic (exact) mass is 307 g/mol. The predicted molar refractivity (Wildman–Crippen MR) is 82.4 cm³/mol. The molecule has 4 nitrogen and oxygen atoms in total. The van der Waals surface area contributed by atoms with Crippen molar-refractivity contribution >= 4 is 11.3 Å². The Morgan fingerprint density at radius 1 is 1.43 bits per heavy atom. The number of thiophene rings is 1. The lowest BCUT2D eigenvalue weighted by atomic mass is 10.1. The van der Waals surface area contributed by atoms with Crippen molar-refractivity contribution < 1.29 is 14.3 Å². The quantitative estimate of drug-likeness (QED) is 0.922. The van der Waals surface area contributed by atoms with Gasteiger partial charge in [0.2, 0.25) is 0 Å². The molecule has 0 radical (unpaired) electrons. The first-order chi connectivity index (χ1) is 10.2. The molecule has 0 aromatic carbocycles. The number of rotatable bonds is 5. The van der Waals surface area contributed by atoms with Crippen molar-refractivity contribution in [2.45, 2.75) is 32.0 Å². The van der Waals surface area contributed by atoms with Gasteiger partial charge in [0.15, 0.2) is 0 Å². The van der Waals surface area contributed by atoms with E-state index in [0.717, 1.165) is 19.7 Å². The van der Waals surface area contributed by atoms with Crippen molar-refractivity contribution in [3.05, 3.63) is 46.0 Å². The van der Waals surface area contributed by atoms with Crippen molar-refractivity contribution in [3.63, 3.8) is 0 Å². The Hall–Kier alpha value is -1.14. The van der Waals surface area contributed by atoms with Gasteiger partial charge >= 0.3 is 0 Å². The number of hydrogen-bond acceptors (Lipinski definition) is 5. The molecule has 1 N–H and O–H groups in total. The van der Waals surface area contributed by atoms with Crippen LogP contribution in [0.1, 0.15) is 28.0 Å². The Kier molecular flexibility index (Phi) is 4.75. The third-order valence-electron chi connectivity index (χ3n) is 3.87. The number of ether oxygens (including phenoxy) is 1. The van der Waals surface area contributed by atoms with Gasteiger partial charge in [-0.15, -0.1) is 11.3 Å². The van der Waals surface area contributed by atoms with Gasteiger partial charge in [-0.25, -0.2) is 0 Å². The molecule has 21 heavy (non-hydrogen) atoms. The summed E-state index contributed by atoms with van der Waals surface area (Å²) in [6.07, 6.45) is 1.67. The second-order valence-corrected chi connectivity index (χ2v) is 6.85. The minimum absolute atomic E-state index is 0.223. The Bertz CT molecular complexity index is 552. The molecule has 1 aliphatic heterocycles. The average molecular weight is 307 g/mol. The van der Waals surface area contributed by atoms with Crippen LogP contribution in [0.3, 0.4) is 0 Å². The van der Waals surface area contributed by atoms with Gasteiger partial charge in [0.1, 0.15) is 11.9 Å². The summed E-state index contributed by atoms with van der Waals surface area (Å²) in [4.78, 5) is 5.11. The number of aliphatic hydroxyl groups is 1. The van der Waals surface area contributed by atoms with E-state index in [9.17, 15) is 5.11 Å². The van der Waals surface area contributed by atoms with Gasteiger partial charge in [0.25, 0.3) is 0 Å². The Morgan fingerprint density at radius 3 is 3.05 bits per heavy atom. The molecule has 2 unspecified atom stereocenters. The molecule has 2 aromatic rings. The molecule has 2 atom stereocenters. The number of morpholine rings is 1. The minimum Gasteiger partial charge on any atom is -0.467 e. The van der Waals surface area contributed by atoms with Gasteiger partial charge in [0, 0.05) is 28.9 Å². The van der Waals surface area contributed by atoms with Gasteiger partial charge in [0.05, 0.1) is 19.5 Å². The van der Waals surface area contributed by atoms with E-state index in [-0.39, 0.29) is 6.04 Å². The van der Waals surface area contributed by atoms with Gasteiger partial charge in [-0.1, -0.05) is 0 Å². The fraction of sp³-hybridized carbons (Fsp3) is 0.500. The van der Waals surface area contributed by atoms with E-state index in [2.05, 4.69) is 24.0 Å². The summed E-state index contributed by atoms with van der Waals surface area (Å²) in [6.45, 7) is 5.40.